The zero-order chi connectivity index (χ0) is 43.2. The van der Waals surface area contributed by atoms with E-state index in [0.717, 1.165) is 5.52 Å². The Morgan fingerprint density at radius 3 is 2.28 bits per heavy atom. The fraction of sp³-hybridized carbons (Fsp3) is 0.465. The molecule has 1 atom stereocenters. The van der Waals surface area contributed by atoms with Gasteiger partial charge in [0.25, 0.3) is 5.69 Å². The van der Waals surface area contributed by atoms with Gasteiger partial charge in [0.1, 0.15) is 37.4 Å². The molecule has 17 heteroatoms. The van der Waals surface area contributed by atoms with E-state index in [-0.39, 0.29) is 62.5 Å². The highest BCUT2D eigenvalue weighted by atomic mass is 16.7. The first-order chi connectivity index (χ1) is 28.8. The molecule has 322 valence electrons. The maximum absolute atomic E-state index is 13.2. The molecule has 17 nitrogen and oxygen atoms in total. The molecule has 1 fully saturated rings. The van der Waals surface area contributed by atoms with Gasteiger partial charge in [-0.3, -0.25) is 24.6 Å². The lowest BCUT2D eigenvalue weighted by atomic mass is 9.89. The van der Waals surface area contributed by atoms with Gasteiger partial charge in [-0.25, -0.2) is 9.59 Å². The Kier molecular flexibility index (Phi) is 16.1. The van der Waals surface area contributed by atoms with E-state index in [2.05, 4.69) is 10.1 Å². The maximum atomic E-state index is 13.2. The van der Waals surface area contributed by atoms with E-state index in [1.165, 1.54) is 32.2 Å². The van der Waals surface area contributed by atoms with E-state index in [4.69, 9.17) is 33.3 Å². The number of methoxy groups -OCH3 is 1. The number of aromatic nitrogens is 1. The van der Waals surface area contributed by atoms with Gasteiger partial charge >= 0.3 is 23.9 Å². The van der Waals surface area contributed by atoms with Crippen molar-refractivity contribution in [3.63, 3.8) is 0 Å². The van der Waals surface area contributed by atoms with Gasteiger partial charge in [-0.2, -0.15) is 0 Å². The predicted octanol–water partition coefficient (Wildman–Crippen LogP) is 6.00. The third-order valence-corrected chi connectivity index (χ3v) is 9.96. The number of ether oxygens (including phenoxy) is 6. The Morgan fingerprint density at radius 1 is 0.883 bits per heavy atom. The predicted molar refractivity (Wildman–Crippen MR) is 220 cm³/mol. The van der Waals surface area contributed by atoms with Crippen LogP contribution in [0.25, 0.3) is 21.8 Å². The zero-order valence-corrected chi connectivity index (χ0v) is 34.6. The molecule has 0 N–H and O–H groups in total. The van der Waals surface area contributed by atoms with Crippen LogP contribution in [0.1, 0.15) is 69.3 Å². The van der Waals surface area contributed by atoms with E-state index in [1.54, 1.807) is 31.2 Å². The second kappa shape index (κ2) is 21.4. The van der Waals surface area contributed by atoms with E-state index in [1.807, 2.05) is 36.6 Å². The molecule has 0 bridgehead atoms. The number of hydrogen-bond acceptors (Lipinski definition) is 15. The first-order valence-electron chi connectivity index (χ1n) is 19.8. The molecule has 4 aromatic rings. The van der Waals surface area contributed by atoms with Crippen LogP contribution in [-0.4, -0.2) is 115 Å². The van der Waals surface area contributed by atoms with Crippen LogP contribution < -0.4 is 4.74 Å². The molecule has 0 spiro atoms. The molecule has 1 aromatic heterocycles. The van der Waals surface area contributed by atoms with E-state index < -0.39 is 28.4 Å². The number of carbonyl (C=O) groups excluding carboxylic acids is 4. The normalized spacial score (nSPS) is 14.1. The number of nitro groups is 1. The number of carbonyl (C=O) groups is 4. The van der Waals surface area contributed by atoms with Crippen molar-refractivity contribution in [2.75, 3.05) is 59.8 Å². The quantitative estimate of drug-likeness (QED) is 0.0180. The van der Waals surface area contributed by atoms with Gasteiger partial charge in [0.05, 0.1) is 42.4 Å². The molecular weight excluding hydrogens is 780 g/mol. The van der Waals surface area contributed by atoms with Crippen LogP contribution in [0.15, 0.2) is 65.8 Å². The standard InChI is InChI=1S/C43H52N4O13/c1-29(28-54-5)59-40(50)12-7-6-11-39(49)57-24-23-56-34-10-8-9-32(25-34)42(51)58-22-19-46-37-15-13-31(26-35(37)36-27-33(47(52)53)14-16-38(36)46)41(44-60-30(2)48)43(3,4)45-17-20-55-21-18-45/h8-10,13-16,25-27,29H,6-7,11-12,17-24,28H2,1-5H3/b44-41-. The number of benzene rings is 3. The van der Waals surface area contributed by atoms with Gasteiger partial charge in [0, 0.05) is 79.5 Å². The summed E-state index contributed by atoms with van der Waals surface area (Å²) in [5, 5.41) is 17.5. The van der Waals surface area contributed by atoms with E-state index in [9.17, 15) is 29.3 Å². The third-order valence-electron chi connectivity index (χ3n) is 9.96. The first-order valence-corrected chi connectivity index (χ1v) is 19.8. The summed E-state index contributed by atoms with van der Waals surface area (Å²) in [5.41, 5.74) is 2.10. The Morgan fingerprint density at radius 2 is 1.58 bits per heavy atom. The Labute approximate surface area is 347 Å². The Balaban J connectivity index is 1.21. The molecule has 1 saturated heterocycles. The monoisotopic (exact) mass is 832 g/mol. The highest BCUT2D eigenvalue weighted by Gasteiger charge is 2.35. The van der Waals surface area contributed by atoms with Crippen molar-refractivity contribution in [3.8, 4) is 5.75 Å². The average Bonchev–Trinajstić information content (AvgIpc) is 3.53. The van der Waals surface area contributed by atoms with Crippen molar-refractivity contribution in [1.82, 2.24) is 9.47 Å². The van der Waals surface area contributed by atoms with Crippen LogP contribution in [-0.2, 0) is 49.5 Å². The van der Waals surface area contributed by atoms with Crippen LogP contribution in [0.2, 0.25) is 0 Å². The minimum absolute atomic E-state index is 0.000542. The van der Waals surface area contributed by atoms with Gasteiger partial charge in [0.15, 0.2) is 0 Å². The molecule has 3 aromatic carbocycles. The van der Waals surface area contributed by atoms with Gasteiger partial charge in [-0.05, 0) is 70.0 Å². The van der Waals surface area contributed by atoms with Crippen LogP contribution in [0.4, 0.5) is 5.69 Å². The van der Waals surface area contributed by atoms with Crippen LogP contribution >= 0.6 is 0 Å². The summed E-state index contributed by atoms with van der Waals surface area (Å²) < 4.78 is 34.3. The fourth-order valence-electron chi connectivity index (χ4n) is 7.00. The molecule has 0 radical (unpaired) electrons. The number of morpholine rings is 1. The van der Waals surface area contributed by atoms with Crippen LogP contribution in [0, 0.1) is 10.1 Å². The van der Waals surface area contributed by atoms with Gasteiger partial charge < -0.3 is 37.8 Å². The van der Waals surface area contributed by atoms with Gasteiger partial charge in [-0.1, -0.05) is 17.3 Å². The van der Waals surface area contributed by atoms with Crippen molar-refractivity contribution >= 4 is 57.1 Å². The van der Waals surface area contributed by atoms with E-state index in [0.29, 0.717) is 79.1 Å². The Bertz CT molecular complexity index is 2190. The van der Waals surface area contributed by atoms with Crippen LogP contribution in [0.3, 0.4) is 0 Å². The molecule has 0 saturated carbocycles. The first kappa shape index (κ1) is 45.2. The zero-order valence-electron chi connectivity index (χ0n) is 34.6. The summed E-state index contributed by atoms with van der Waals surface area (Å²) in [6.07, 6.45) is 0.981. The molecule has 2 heterocycles. The van der Waals surface area contributed by atoms with Crippen molar-refractivity contribution < 1.29 is 57.4 Å². The minimum atomic E-state index is -0.676. The minimum Gasteiger partial charge on any atom is -0.490 e. The number of oxime groups is 1. The molecule has 5 rings (SSSR count). The number of rotatable bonds is 21. The second-order valence-corrected chi connectivity index (χ2v) is 14.7. The van der Waals surface area contributed by atoms with Crippen molar-refractivity contribution in [3.05, 3.63) is 81.9 Å². The molecular formula is C43H52N4O13. The fourth-order valence-corrected chi connectivity index (χ4v) is 7.00. The largest absolute Gasteiger partial charge is 0.490 e. The van der Waals surface area contributed by atoms with Gasteiger partial charge in [-0.15, -0.1) is 0 Å². The number of non-ortho nitro benzene ring substituents is 1. The highest BCUT2D eigenvalue weighted by Crippen LogP contribution is 2.34. The van der Waals surface area contributed by atoms with Crippen LogP contribution in [0.5, 0.6) is 5.75 Å². The highest BCUT2D eigenvalue weighted by molar-refractivity contribution is 6.14. The Hall–Kier alpha value is -5.91. The summed E-state index contributed by atoms with van der Waals surface area (Å²) in [5.74, 6) is -1.52. The number of esters is 3. The summed E-state index contributed by atoms with van der Waals surface area (Å²) in [7, 11) is 1.53. The number of hydrogen-bond donors (Lipinski definition) is 0. The number of fused-ring (bicyclic) bond motifs is 3. The average molecular weight is 833 g/mol. The lowest BCUT2D eigenvalue weighted by Gasteiger charge is -2.41. The summed E-state index contributed by atoms with van der Waals surface area (Å²) in [4.78, 5) is 67.8. The number of nitrogens with zero attached hydrogens (tertiary/aromatic N) is 4. The number of nitro benzene ring substituents is 1. The van der Waals surface area contributed by atoms with Crippen molar-refractivity contribution in [1.29, 1.82) is 0 Å². The van der Waals surface area contributed by atoms with Crippen molar-refractivity contribution in [2.24, 2.45) is 5.16 Å². The second-order valence-electron chi connectivity index (χ2n) is 14.7. The molecule has 60 heavy (non-hydrogen) atoms. The molecule has 0 amide bonds. The van der Waals surface area contributed by atoms with Gasteiger partial charge in [0.2, 0.25) is 0 Å². The summed E-state index contributed by atoms with van der Waals surface area (Å²) in [6, 6.07) is 16.7. The lowest BCUT2D eigenvalue weighted by molar-refractivity contribution is -0.384. The van der Waals surface area contributed by atoms with E-state index >= 15 is 0 Å². The number of unbranched alkanes of at least 4 members (excludes halogenated alkanes) is 1. The maximum Gasteiger partial charge on any atom is 0.338 e. The molecule has 1 aliphatic rings. The molecule has 1 unspecified atom stereocenters. The summed E-state index contributed by atoms with van der Waals surface area (Å²) in [6.45, 7) is 9.98. The smallest absolute Gasteiger partial charge is 0.338 e. The third kappa shape index (κ3) is 12.1. The van der Waals surface area contributed by atoms with Crippen molar-refractivity contribution in [2.45, 2.75) is 71.6 Å². The topological polar surface area (TPSA) is 197 Å². The molecule has 0 aliphatic carbocycles. The summed E-state index contributed by atoms with van der Waals surface area (Å²) >= 11 is 0. The SMILES string of the molecule is COCC(C)OC(=O)CCCCC(=O)OCCOc1cccc(C(=O)OCCn2c3ccc(/C(=N/OC(C)=O)C(C)(C)N4CCOCC4)cc3c3cc([N+](=O)[O-])ccc32)c1. The molecule has 1 aliphatic heterocycles. The lowest BCUT2D eigenvalue weighted by Crippen LogP contribution is -2.54.